The zero-order valence-corrected chi connectivity index (χ0v) is 18.4. The van der Waals surface area contributed by atoms with Crippen LogP contribution in [0.2, 0.25) is 0 Å². The van der Waals surface area contributed by atoms with Crippen LogP contribution in [0.5, 0.6) is 5.75 Å². The maximum Gasteiger partial charge on any atom is 0.242 e. The van der Waals surface area contributed by atoms with Gasteiger partial charge in [-0.05, 0) is 50.6 Å². The number of ether oxygens (including phenoxy) is 1. The van der Waals surface area contributed by atoms with Gasteiger partial charge in [0.1, 0.15) is 11.8 Å². The summed E-state index contributed by atoms with van der Waals surface area (Å²) < 4.78 is 5.28. The van der Waals surface area contributed by atoms with E-state index in [0.29, 0.717) is 25.3 Å². The fourth-order valence-corrected chi connectivity index (χ4v) is 3.75. The van der Waals surface area contributed by atoms with Crippen molar-refractivity contribution in [2.45, 2.75) is 44.7 Å². The van der Waals surface area contributed by atoms with Gasteiger partial charge in [-0.3, -0.25) is 9.59 Å². The second-order valence-corrected chi connectivity index (χ2v) is 8.02. The summed E-state index contributed by atoms with van der Waals surface area (Å²) in [6.45, 7) is 6.60. The van der Waals surface area contributed by atoms with Gasteiger partial charge in [0, 0.05) is 30.2 Å². The van der Waals surface area contributed by atoms with Gasteiger partial charge >= 0.3 is 0 Å². The van der Waals surface area contributed by atoms with Crippen molar-refractivity contribution in [3.8, 4) is 5.75 Å². The van der Waals surface area contributed by atoms with Crippen molar-refractivity contribution in [2.24, 2.45) is 0 Å². The highest BCUT2D eigenvalue weighted by Gasteiger charge is 2.25. The Morgan fingerprint density at radius 3 is 2.55 bits per heavy atom. The Labute approximate surface area is 177 Å². The van der Waals surface area contributed by atoms with E-state index >= 15 is 0 Å². The van der Waals surface area contributed by atoms with Crippen LogP contribution in [0.25, 0.3) is 0 Å². The van der Waals surface area contributed by atoms with Crippen LogP contribution < -0.4 is 10.1 Å². The third-order valence-corrected chi connectivity index (χ3v) is 5.62. The van der Waals surface area contributed by atoms with E-state index in [1.807, 2.05) is 31.2 Å². The number of likely N-dealkylation sites (N-methyl/N-ethyl adjacent to an activating group) is 1. The molecule has 0 unspecified atom stereocenters. The largest absolute Gasteiger partial charge is 0.497 e. The number of methoxy groups -OCH3 is 1. The normalized spacial score (nSPS) is 11.6. The molecule has 0 radical (unpaired) electrons. The van der Waals surface area contributed by atoms with Gasteiger partial charge in [0.05, 0.1) is 7.11 Å². The first-order valence-electron chi connectivity index (χ1n) is 9.84. The second-order valence-electron chi connectivity index (χ2n) is 6.86. The van der Waals surface area contributed by atoms with Gasteiger partial charge in [-0.1, -0.05) is 29.8 Å². The summed E-state index contributed by atoms with van der Waals surface area (Å²) in [5.41, 5.74) is 2.14. The predicted molar refractivity (Wildman–Crippen MR) is 118 cm³/mol. The molecule has 2 rings (SSSR count). The molecule has 0 spiro atoms. The van der Waals surface area contributed by atoms with Crippen LogP contribution in [0, 0.1) is 6.92 Å². The summed E-state index contributed by atoms with van der Waals surface area (Å²) in [4.78, 5) is 28.2. The molecule has 2 aromatic rings. The highest BCUT2D eigenvalue weighted by molar-refractivity contribution is 7.99. The Morgan fingerprint density at radius 1 is 1.17 bits per heavy atom. The molecule has 6 heteroatoms. The molecule has 0 bridgehead atoms. The van der Waals surface area contributed by atoms with Gasteiger partial charge in [0.25, 0.3) is 0 Å². The van der Waals surface area contributed by atoms with Crippen LogP contribution in [0.4, 0.5) is 0 Å². The van der Waals surface area contributed by atoms with Crippen LogP contribution in [0.1, 0.15) is 31.4 Å². The van der Waals surface area contributed by atoms with E-state index in [4.69, 9.17) is 4.74 Å². The summed E-state index contributed by atoms with van der Waals surface area (Å²) >= 11 is 1.65. The van der Waals surface area contributed by atoms with Gasteiger partial charge in [0.15, 0.2) is 0 Å². The molecule has 1 atom stereocenters. The van der Waals surface area contributed by atoms with Crippen LogP contribution in [-0.4, -0.2) is 42.2 Å². The summed E-state index contributed by atoms with van der Waals surface area (Å²) in [5, 5.41) is 2.81. The maximum absolute atomic E-state index is 13.0. The molecule has 1 N–H and O–H groups in total. The van der Waals surface area contributed by atoms with Crippen LogP contribution in [0.15, 0.2) is 53.4 Å². The molecule has 2 amide bonds. The number of carbonyl (C=O) groups excluding carboxylic acids is 2. The van der Waals surface area contributed by atoms with Gasteiger partial charge < -0.3 is 15.0 Å². The van der Waals surface area contributed by atoms with E-state index in [0.717, 1.165) is 16.2 Å². The average Bonchev–Trinajstić information content (AvgIpc) is 2.73. The molecule has 0 saturated heterocycles. The number of carbonyl (C=O) groups is 2. The van der Waals surface area contributed by atoms with E-state index < -0.39 is 6.04 Å². The topological polar surface area (TPSA) is 58.6 Å². The van der Waals surface area contributed by atoms with E-state index in [1.165, 1.54) is 5.56 Å². The number of nitrogens with zero attached hydrogens (tertiary/aromatic N) is 1. The molecule has 0 saturated carbocycles. The lowest BCUT2D eigenvalue weighted by Crippen LogP contribution is -2.47. The lowest BCUT2D eigenvalue weighted by molar-refractivity contribution is -0.140. The Kier molecular flexibility index (Phi) is 9.06. The molecule has 0 aliphatic carbocycles. The predicted octanol–water partition coefficient (Wildman–Crippen LogP) is 4.04. The Hall–Kier alpha value is -2.47. The number of hydrogen-bond acceptors (Lipinski definition) is 4. The minimum absolute atomic E-state index is 0.0359. The fraction of sp³-hybridized carbons (Fsp3) is 0.391. The SMILES string of the molecule is CCNC(=O)[C@H](C)N(Cc1cccc(OC)c1)C(=O)CCSc1ccc(C)cc1. The summed E-state index contributed by atoms with van der Waals surface area (Å²) in [7, 11) is 1.61. The molecule has 0 heterocycles. The molecule has 0 fully saturated rings. The van der Waals surface area contributed by atoms with Crippen LogP contribution in [0.3, 0.4) is 0 Å². The minimum atomic E-state index is -0.543. The van der Waals surface area contributed by atoms with Crippen molar-refractivity contribution >= 4 is 23.6 Å². The molecule has 2 aromatic carbocycles. The first kappa shape index (κ1) is 22.8. The smallest absolute Gasteiger partial charge is 0.242 e. The molecular formula is C23H30N2O3S. The number of benzene rings is 2. The molecule has 29 heavy (non-hydrogen) atoms. The number of aryl methyl sites for hydroxylation is 1. The quantitative estimate of drug-likeness (QED) is 0.596. The van der Waals surface area contributed by atoms with Crippen LogP contribution >= 0.6 is 11.8 Å². The first-order valence-corrected chi connectivity index (χ1v) is 10.8. The number of hydrogen-bond donors (Lipinski definition) is 1. The summed E-state index contributed by atoms with van der Waals surface area (Å²) in [5.74, 6) is 1.22. The highest BCUT2D eigenvalue weighted by Crippen LogP contribution is 2.21. The van der Waals surface area contributed by atoms with Crippen molar-refractivity contribution in [3.05, 3.63) is 59.7 Å². The van der Waals surface area contributed by atoms with Crippen molar-refractivity contribution in [3.63, 3.8) is 0 Å². The van der Waals surface area contributed by atoms with Crippen molar-refractivity contribution in [1.82, 2.24) is 10.2 Å². The van der Waals surface area contributed by atoms with Gasteiger partial charge in [0.2, 0.25) is 11.8 Å². The average molecular weight is 415 g/mol. The van der Waals surface area contributed by atoms with E-state index in [1.54, 1.807) is 30.7 Å². The highest BCUT2D eigenvalue weighted by atomic mass is 32.2. The number of rotatable bonds is 10. The zero-order chi connectivity index (χ0) is 21.2. The molecule has 5 nitrogen and oxygen atoms in total. The lowest BCUT2D eigenvalue weighted by Gasteiger charge is -2.29. The molecule has 156 valence electrons. The molecule has 0 aliphatic rings. The number of amides is 2. The molecule has 0 aliphatic heterocycles. The zero-order valence-electron chi connectivity index (χ0n) is 17.6. The summed E-state index contributed by atoms with van der Waals surface area (Å²) in [6.07, 6.45) is 0.367. The number of thioether (sulfide) groups is 1. The Morgan fingerprint density at radius 2 is 1.90 bits per heavy atom. The monoisotopic (exact) mass is 414 g/mol. The van der Waals surface area contributed by atoms with Gasteiger partial charge in [-0.25, -0.2) is 0 Å². The van der Waals surface area contributed by atoms with Gasteiger partial charge in [-0.2, -0.15) is 0 Å². The summed E-state index contributed by atoms with van der Waals surface area (Å²) in [6, 6.07) is 15.3. The lowest BCUT2D eigenvalue weighted by atomic mass is 10.1. The first-order chi connectivity index (χ1) is 13.9. The van der Waals surface area contributed by atoms with Gasteiger partial charge in [-0.15, -0.1) is 11.8 Å². The van der Waals surface area contributed by atoms with Crippen molar-refractivity contribution in [1.29, 1.82) is 0 Å². The maximum atomic E-state index is 13.0. The van der Waals surface area contributed by atoms with Crippen molar-refractivity contribution < 1.29 is 14.3 Å². The molecule has 0 aromatic heterocycles. The van der Waals surface area contributed by atoms with Crippen molar-refractivity contribution in [2.75, 3.05) is 19.4 Å². The number of nitrogens with one attached hydrogen (secondary N) is 1. The standard InChI is InChI=1S/C23H30N2O3S/c1-5-24-23(27)18(3)25(16-19-7-6-8-20(15-19)28-4)22(26)13-14-29-21-11-9-17(2)10-12-21/h6-12,15,18H,5,13-14,16H2,1-4H3,(H,24,27)/t18-/m0/s1. The molecular weight excluding hydrogens is 384 g/mol. The minimum Gasteiger partial charge on any atom is -0.497 e. The van der Waals surface area contributed by atoms with E-state index in [9.17, 15) is 9.59 Å². The van der Waals surface area contributed by atoms with E-state index in [-0.39, 0.29) is 11.8 Å². The van der Waals surface area contributed by atoms with E-state index in [2.05, 4.69) is 36.5 Å². The third-order valence-electron chi connectivity index (χ3n) is 4.61. The fourth-order valence-electron chi connectivity index (χ4n) is 2.91. The Balaban J connectivity index is 2.06. The second kappa shape index (κ2) is 11.5. The Bertz CT molecular complexity index is 808. The third kappa shape index (κ3) is 7.13. The van der Waals surface area contributed by atoms with Crippen LogP contribution in [-0.2, 0) is 16.1 Å².